The Bertz CT molecular complexity index is 1250. The third-order valence-corrected chi connectivity index (χ3v) is 11.7. The van der Waals surface area contributed by atoms with Crippen molar-refractivity contribution in [2.24, 2.45) is 0 Å². The molecule has 0 radical (unpaired) electrons. The number of phosphoric ester groups is 1. The number of aliphatic hydroxyl groups is 5. The highest BCUT2D eigenvalue weighted by Gasteiger charge is 2.51. The number of carbonyl (C=O) groups excluding carboxylic acids is 2. The number of esters is 2. The number of ether oxygens (including phenoxy) is 2. The monoisotopic (exact) mass is 887 g/mol. The zero-order valence-electron chi connectivity index (χ0n) is 37.4. The molecule has 0 aromatic rings. The van der Waals surface area contributed by atoms with Crippen LogP contribution in [0.25, 0.3) is 0 Å². The summed E-state index contributed by atoms with van der Waals surface area (Å²) in [7, 11) is -5.12. The van der Waals surface area contributed by atoms with Crippen LogP contribution in [0.2, 0.25) is 0 Å². The summed E-state index contributed by atoms with van der Waals surface area (Å²) in [6.07, 6.45) is 30.2. The molecule has 0 amide bonds. The molecule has 6 atom stereocenters. The van der Waals surface area contributed by atoms with Crippen LogP contribution >= 0.6 is 7.82 Å². The van der Waals surface area contributed by atoms with Crippen LogP contribution in [0.5, 0.6) is 0 Å². The predicted molar refractivity (Wildman–Crippen MR) is 239 cm³/mol. The second-order valence-corrected chi connectivity index (χ2v) is 17.6. The minimum atomic E-state index is -5.12. The molecular formula is C47H83O13P. The maximum atomic E-state index is 12.8. The maximum absolute atomic E-state index is 12.8. The minimum Gasteiger partial charge on any atom is -0.462 e. The SMILES string of the molecule is CCC=CCC=CCC=CCC=CCCCCCCC(=O)OCC(COP(=O)(O)OC1C(O)C(O)C(O)C(O)C1O)OC(=O)CCCCCCCCCCCCCCCCC. The fourth-order valence-corrected chi connectivity index (χ4v) is 7.90. The first-order chi connectivity index (χ1) is 29.4. The van der Waals surface area contributed by atoms with Crippen LogP contribution in [0.1, 0.15) is 181 Å². The molecule has 0 aromatic carbocycles. The lowest BCUT2D eigenvalue weighted by atomic mass is 9.85. The zero-order chi connectivity index (χ0) is 45.0. The number of hydrogen-bond acceptors (Lipinski definition) is 12. The summed E-state index contributed by atoms with van der Waals surface area (Å²) in [6.45, 7) is 3.17. The number of aliphatic hydroxyl groups excluding tert-OH is 5. The van der Waals surface area contributed by atoms with Gasteiger partial charge < -0.3 is 39.9 Å². The van der Waals surface area contributed by atoms with Gasteiger partial charge in [-0.05, 0) is 51.4 Å². The Labute approximate surface area is 367 Å². The molecule has 0 aromatic heterocycles. The summed E-state index contributed by atoms with van der Waals surface area (Å²) in [4.78, 5) is 35.7. The van der Waals surface area contributed by atoms with Gasteiger partial charge in [0.15, 0.2) is 6.10 Å². The van der Waals surface area contributed by atoms with Crippen molar-refractivity contribution >= 4 is 19.8 Å². The van der Waals surface area contributed by atoms with Crippen LogP contribution in [-0.2, 0) is 32.7 Å². The Hall–Kier alpha value is -2.19. The zero-order valence-corrected chi connectivity index (χ0v) is 38.3. The third kappa shape index (κ3) is 29.7. The van der Waals surface area contributed by atoms with Gasteiger partial charge >= 0.3 is 19.8 Å². The van der Waals surface area contributed by atoms with E-state index in [1.54, 1.807) is 0 Å². The topological polar surface area (TPSA) is 210 Å². The smallest absolute Gasteiger partial charge is 0.462 e. The first-order valence-electron chi connectivity index (χ1n) is 23.4. The standard InChI is InChI=1S/C47H83O13P/c1-3-5-7-9-11-13-15-17-19-20-22-23-25-27-29-31-33-35-40(48)57-37-39(38-58-61(55,56)60-47-45(53)43(51)42(50)44(52)46(47)54)59-41(49)36-34-32-30-28-26-24-21-18-16-14-12-10-8-6-4-2/h5,7,11,13,17,19,22-23,39,42-47,50-54H,3-4,6,8-10,12,14-16,18,20-21,24-38H2,1-2H3,(H,55,56). The molecular weight excluding hydrogens is 803 g/mol. The molecule has 0 bridgehead atoms. The molecule has 61 heavy (non-hydrogen) atoms. The summed E-state index contributed by atoms with van der Waals surface area (Å²) >= 11 is 0. The highest BCUT2D eigenvalue weighted by atomic mass is 31.2. The van der Waals surface area contributed by atoms with E-state index >= 15 is 0 Å². The highest BCUT2D eigenvalue weighted by molar-refractivity contribution is 7.47. The van der Waals surface area contributed by atoms with E-state index in [1.165, 1.54) is 64.2 Å². The average Bonchev–Trinajstić information content (AvgIpc) is 3.24. The lowest BCUT2D eigenvalue weighted by Crippen LogP contribution is -2.64. The molecule has 6 N–H and O–H groups in total. The van der Waals surface area contributed by atoms with Gasteiger partial charge in [-0.1, -0.05) is 165 Å². The number of rotatable bonds is 38. The number of hydrogen-bond donors (Lipinski definition) is 6. The van der Waals surface area contributed by atoms with Crippen LogP contribution in [0, 0.1) is 0 Å². The van der Waals surface area contributed by atoms with E-state index in [1.807, 2.05) is 0 Å². The van der Waals surface area contributed by atoms with Gasteiger partial charge in [0, 0.05) is 12.8 Å². The Morgan fingerprint density at radius 3 is 1.43 bits per heavy atom. The molecule has 1 aliphatic carbocycles. The van der Waals surface area contributed by atoms with Crippen molar-refractivity contribution in [1.29, 1.82) is 0 Å². The van der Waals surface area contributed by atoms with E-state index in [2.05, 4.69) is 62.5 Å². The highest BCUT2D eigenvalue weighted by Crippen LogP contribution is 2.47. The summed E-state index contributed by atoms with van der Waals surface area (Å²) < 4.78 is 33.5. The third-order valence-electron chi connectivity index (χ3n) is 10.7. The van der Waals surface area contributed by atoms with Gasteiger partial charge in [-0.25, -0.2) is 4.57 Å². The summed E-state index contributed by atoms with van der Waals surface area (Å²) in [5.74, 6) is -1.12. The van der Waals surface area contributed by atoms with Crippen LogP contribution in [-0.4, -0.2) is 98.3 Å². The fourth-order valence-electron chi connectivity index (χ4n) is 6.93. The van der Waals surface area contributed by atoms with Crippen molar-refractivity contribution in [3.05, 3.63) is 48.6 Å². The Morgan fingerprint density at radius 2 is 0.934 bits per heavy atom. The molecule has 1 fully saturated rings. The van der Waals surface area contributed by atoms with Crippen molar-refractivity contribution in [2.75, 3.05) is 13.2 Å². The van der Waals surface area contributed by atoms with Crippen LogP contribution < -0.4 is 0 Å². The number of carbonyl (C=O) groups is 2. The number of phosphoric acid groups is 1. The van der Waals surface area contributed by atoms with E-state index in [4.69, 9.17) is 18.5 Å². The predicted octanol–water partition coefficient (Wildman–Crippen LogP) is 9.17. The van der Waals surface area contributed by atoms with Gasteiger partial charge in [0.05, 0.1) is 6.61 Å². The van der Waals surface area contributed by atoms with Gasteiger partial charge in [-0.3, -0.25) is 18.6 Å². The minimum absolute atomic E-state index is 0.0927. The number of unbranched alkanes of at least 4 members (excludes halogenated alkanes) is 18. The first-order valence-corrected chi connectivity index (χ1v) is 24.9. The van der Waals surface area contributed by atoms with Gasteiger partial charge in [-0.2, -0.15) is 0 Å². The molecule has 1 rings (SSSR count). The van der Waals surface area contributed by atoms with E-state index < -0.39 is 75.7 Å². The van der Waals surface area contributed by atoms with E-state index in [0.717, 1.165) is 77.0 Å². The van der Waals surface area contributed by atoms with Crippen molar-refractivity contribution in [1.82, 2.24) is 0 Å². The fraction of sp³-hybridized carbons (Fsp3) is 0.787. The summed E-state index contributed by atoms with van der Waals surface area (Å²) in [6, 6.07) is 0. The average molecular weight is 887 g/mol. The second kappa shape index (κ2) is 37.2. The molecule has 13 nitrogen and oxygen atoms in total. The van der Waals surface area contributed by atoms with E-state index in [-0.39, 0.29) is 12.8 Å². The van der Waals surface area contributed by atoms with Crippen molar-refractivity contribution in [3.8, 4) is 0 Å². The van der Waals surface area contributed by atoms with E-state index in [0.29, 0.717) is 12.8 Å². The summed E-state index contributed by atoms with van der Waals surface area (Å²) in [5, 5.41) is 50.1. The van der Waals surface area contributed by atoms with Gasteiger partial charge in [0.25, 0.3) is 0 Å². The molecule has 6 unspecified atom stereocenters. The molecule has 14 heteroatoms. The maximum Gasteiger partial charge on any atom is 0.472 e. The lowest BCUT2D eigenvalue weighted by Gasteiger charge is -2.41. The van der Waals surface area contributed by atoms with Crippen LogP contribution in [0.3, 0.4) is 0 Å². The molecule has 0 aliphatic heterocycles. The largest absolute Gasteiger partial charge is 0.472 e. The Balaban J connectivity index is 2.47. The molecule has 0 heterocycles. The Kier molecular flexibility index (Phi) is 34.7. The lowest BCUT2D eigenvalue weighted by molar-refractivity contribution is -0.220. The molecule has 354 valence electrons. The molecule has 1 aliphatic rings. The molecule has 0 spiro atoms. The van der Waals surface area contributed by atoms with E-state index in [9.17, 15) is 44.6 Å². The van der Waals surface area contributed by atoms with Crippen LogP contribution in [0.4, 0.5) is 0 Å². The quantitative estimate of drug-likeness (QED) is 0.0148. The summed E-state index contributed by atoms with van der Waals surface area (Å²) in [5.41, 5.74) is 0. The van der Waals surface area contributed by atoms with Crippen molar-refractivity contribution < 1.29 is 63.1 Å². The Morgan fingerprint density at radius 1 is 0.525 bits per heavy atom. The van der Waals surface area contributed by atoms with Gasteiger partial charge in [0.2, 0.25) is 0 Å². The normalized spacial score (nSPS) is 22.4. The number of allylic oxidation sites excluding steroid dienone is 8. The van der Waals surface area contributed by atoms with Gasteiger partial charge in [-0.15, -0.1) is 0 Å². The second-order valence-electron chi connectivity index (χ2n) is 16.2. The van der Waals surface area contributed by atoms with Crippen LogP contribution in [0.15, 0.2) is 48.6 Å². The first kappa shape index (κ1) is 56.8. The van der Waals surface area contributed by atoms with Gasteiger partial charge in [0.1, 0.15) is 43.2 Å². The van der Waals surface area contributed by atoms with Crippen molar-refractivity contribution in [3.63, 3.8) is 0 Å². The molecule has 1 saturated carbocycles. The van der Waals surface area contributed by atoms with Crippen molar-refractivity contribution in [2.45, 2.75) is 224 Å². The molecule has 0 saturated heterocycles.